The number of rotatable bonds is 10. The topological polar surface area (TPSA) is 293 Å². The van der Waals surface area contributed by atoms with Gasteiger partial charge in [0.05, 0.1) is 37.1 Å². The van der Waals surface area contributed by atoms with Gasteiger partial charge in [-0.25, -0.2) is 4.79 Å². The molecule has 0 spiro atoms. The summed E-state index contributed by atoms with van der Waals surface area (Å²) < 4.78 is 45.4. The van der Waals surface area contributed by atoms with Gasteiger partial charge < -0.3 is 89.0 Å². The van der Waals surface area contributed by atoms with E-state index in [2.05, 4.69) is 13.8 Å². The lowest BCUT2D eigenvalue weighted by molar-refractivity contribution is -0.346. The van der Waals surface area contributed by atoms with Crippen molar-refractivity contribution in [2.24, 2.45) is 34.5 Å². The maximum absolute atomic E-state index is 12.6. The number of methoxy groups -OCH3 is 1. The van der Waals surface area contributed by atoms with E-state index in [1.165, 1.54) is 7.11 Å². The van der Waals surface area contributed by atoms with Gasteiger partial charge in [0.15, 0.2) is 18.9 Å². The van der Waals surface area contributed by atoms with Gasteiger partial charge >= 0.3 is 5.97 Å². The lowest BCUT2D eigenvalue weighted by Gasteiger charge is -2.64. The van der Waals surface area contributed by atoms with E-state index < -0.39 is 134 Å². The maximum Gasteiger partial charge on any atom is 0.331 e. The Morgan fingerprint density at radius 3 is 1.95 bits per heavy atom. The van der Waals surface area contributed by atoms with Gasteiger partial charge in [-0.05, 0) is 86.5 Å². The first-order chi connectivity index (χ1) is 28.8. The summed E-state index contributed by atoms with van der Waals surface area (Å²) in [7, 11) is 1.31. The van der Waals surface area contributed by atoms with Gasteiger partial charge in [-0.1, -0.05) is 13.8 Å². The standard InChI is InChI=1S/C42H66O19/c1-17-28(45)36(54-4)35(52)38(58-17)57-15-24-29(46)31(48)33(50)37(60-24)56-16-25-30(47)32(49)34(51)39(61-25)59-20-12-19-5-6-23-22(41(19,3)26(43)13-20)7-9-40(2)21(8-10-42(23,40)53)18-11-27(44)55-14-18/h11,17,19-26,28-39,43,45-53H,5-10,12-16H2,1-4H3/t17-,19-,20+,21-,22+,23-,24+,25+,26-,28-,29+,30+,31+,32+,33+,34+,35+,36-,37+,38+,39+,40+,41-,42-/m0/s1. The van der Waals surface area contributed by atoms with E-state index in [4.69, 9.17) is 37.9 Å². The Kier molecular flexibility index (Phi) is 13.1. The van der Waals surface area contributed by atoms with Gasteiger partial charge in [-0.15, -0.1) is 0 Å². The summed E-state index contributed by atoms with van der Waals surface area (Å²) in [5.74, 6) is -0.265. The van der Waals surface area contributed by atoms with Crippen LogP contribution in [0, 0.1) is 34.5 Å². The van der Waals surface area contributed by atoms with Crippen LogP contribution in [0.1, 0.15) is 72.1 Å². The first-order valence-corrected chi connectivity index (χ1v) is 21.9. The highest BCUT2D eigenvalue weighted by atomic mass is 16.7. The molecule has 0 bridgehead atoms. The molecule has 24 atom stereocenters. The molecule has 0 aromatic rings. The molecule has 348 valence electrons. The Morgan fingerprint density at radius 2 is 1.33 bits per heavy atom. The predicted molar refractivity (Wildman–Crippen MR) is 204 cm³/mol. The maximum atomic E-state index is 12.6. The number of carbonyl (C=O) groups is 1. The number of ether oxygens (including phenoxy) is 8. The van der Waals surface area contributed by atoms with Crippen molar-refractivity contribution in [2.75, 3.05) is 26.9 Å². The number of cyclic esters (lactones) is 1. The molecule has 0 aromatic carbocycles. The van der Waals surface area contributed by atoms with Gasteiger partial charge in [-0.2, -0.15) is 0 Å². The number of hydrogen-bond acceptors (Lipinski definition) is 19. The third kappa shape index (κ3) is 7.73. The minimum absolute atomic E-state index is 0.0135. The van der Waals surface area contributed by atoms with E-state index in [1.807, 2.05) is 0 Å². The average molecular weight is 875 g/mol. The average Bonchev–Trinajstić information content (AvgIpc) is 3.78. The van der Waals surface area contributed by atoms with E-state index in [0.29, 0.717) is 12.8 Å². The van der Waals surface area contributed by atoms with Crippen LogP contribution < -0.4 is 0 Å². The molecule has 4 aliphatic carbocycles. The highest BCUT2D eigenvalue weighted by molar-refractivity contribution is 5.85. The van der Waals surface area contributed by atoms with E-state index in [0.717, 1.165) is 37.7 Å². The predicted octanol–water partition coefficient (Wildman–Crippen LogP) is -2.27. The second-order valence-electron chi connectivity index (χ2n) is 19.5. The van der Waals surface area contributed by atoms with Crippen LogP contribution in [-0.4, -0.2) is 194 Å². The number of esters is 1. The summed E-state index contributed by atoms with van der Waals surface area (Å²) in [4.78, 5) is 12.0. The van der Waals surface area contributed by atoms with Crippen LogP contribution in [0.5, 0.6) is 0 Å². The molecule has 19 nitrogen and oxygen atoms in total. The van der Waals surface area contributed by atoms with Crippen LogP contribution in [0.15, 0.2) is 11.6 Å². The lowest BCUT2D eigenvalue weighted by Crippen LogP contribution is -2.65. The van der Waals surface area contributed by atoms with Crippen molar-refractivity contribution in [3.8, 4) is 0 Å². The first kappa shape index (κ1) is 46.1. The molecular weight excluding hydrogens is 808 g/mol. The third-order valence-corrected chi connectivity index (χ3v) is 16.6. The number of carbonyl (C=O) groups excluding carboxylic acids is 1. The summed E-state index contributed by atoms with van der Waals surface area (Å²) in [5.41, 5.74) is -0.952. The van der Waals surface area contributed by atoms with Crippen LogP contribution in [0.3, 0.4) is 0 Å². The molecule has 61 heavy (non-hydrogen) atoms. The summed E-state index contributed by atoms with van der Waals surface area (Å²) >= 11 is 0. The number of aliphatic hydroxyl groups excluding tert-OH is 9. The minimum Gasteiger partial charge on any atom is -0.458 e. The van der Waals surface area contributed by atoms with Crippen molar-refractivity contribution in [1.82, 2.24) is 0 Å². The molecule has 4 aliphatic heterocycles. The second-order valence-corrected chi connectivity index (χ2v) is 19.5. The molecule has 4 saturated carbocycles. The fourth-order valence-electron chi connectivity index (χ4n) is 12.9. The van der Waals surface area contributed by atoms with E-state index in [1.54, 1.807) is 13.0 Å². The molecule has 3 saturated heterocycles. The molecule has 8 rings (SSSR count). The van der Waals surface area contributed by atoms with Crippen LogP contribution in [0.2, 0.25) is 0 Å². The Hall–Kier alpha value is -1.47. The highest BCUT2D eigenvalue weighted by Gasteiger charge is 2.69. The zero-order valence-corrected chi connectivity index (χ0v) is 35.1. The van der Waals surface area contributed by atoms with E-state index in [-0.39, 0.29) is 42.7 Å². The Morgan fingerprint density at radius 1 is 0.705 bits per heavy atom. The van der Waals surface area contributed by atoms with Crippen LogP contribution >= 0.6 is 0 Å². The molecule has 4 heterocycles. The largest absolute Gasteiger partial charge is 0.458 e. The number of aliphatic hydroxyl groups is 10. The number of hydrogen-bond donors (Lipinski definition) is 10. The van der Waals surface area contributed by atoms with Gasteiger partial charge in [0, 0.05) is 25.0 Å². The van der Waals surface area contributed by atoms with Crippen LogP contribution in [0.4, 0.5) is 0 Å². The Labute approximate surface area is 354 Å². The molecule has 7 fully saturated rings. The van der Waals surface area contributed by atoms with Crippen molar-refractivity contribution < 1.29 is 93.8 Å². The SMILES string of the molecule is CO[C@H]1[C@@H](O)[C@H](C)O[C@@H](OC[C@H]2O[C@@H](OC[C@H]3O[C@@H](O[C@@H]4C[C@@H]5CC[C@H]6[C@@H](CC[C@]7(C)[C@H](C8=CC(=O)OC8)CC[C@]67O)[C@@]5(C)[C@@H](O)C4)[C@H](O)[C@H](O)[C@@H]3O)[C@H](O)[C@H](O)[C@@H]2O)[C@@H]1O. The van der Waals surface area contributed by atoms with Gasteiger partial charge in [0.25, 0.3) is 0 Å². The Balaban J connectivity index is 0.880. The van der Waals surface area contributed by atoms with Crippen molar-refractivity contribution in [3.05, 3.63) is 11.6 Å². The smallest absolute Gasteiger partial charge is 0.331 e. The lowest BCUT2D eigenvalue weighted by atomic mass is 9.42. The zero-order chi connectivity index (χ0) is 43.9. The fraction of sp³-hybridized carbons (Fsp3) is 0.929. The highest BCUT2D eigenvalue weighted by Crippen LogP contribution is 2.70. The summed E-state index contributed by atoms with van der Waals surface area (Å²) in [6.45, 7) is 5.10. The molecule has 0 aromatic heterocycles. The normalized spacial score (nSPS) is 55.0. The number of fused-ring (bicyclic) bond motifs is 5. The quantitative estimate of drug-likeness (QED) is 0.0818. The first-order valence-electron chi connectivity index (χ1n) is 21.9. The summed E-state index contributed by atoms with van der Waals surface area (Å²) in [5, 5.41) is 110. The fourth-order valence-corrected chi connectivity index (χ4v) is 12.9. The molecular formula is C42H66O19. The van der Waals surface area contributed by atoms with Gasteiger partial charge in [0.1, 0.15) is 73.8 Å². The Bertz CT molecular complexity index is 1600. The molecule has 19 heteroatoms. The minimum atomic E-state index is -1.77. The molecule has 0 radical (unpaired) electrons. The van der Waals surface area contributed by atoms with Crippen LogP contribution in [0.25, 0.3) is 0 Å². The van der Waals surface area contributed by atoms with E-state index in [9.17, 15) is 55.9 Å². The third-order valence-electron chi connectivity index (χ3n) is 16.6. The monoisotopic (exact) mass is 874 g/mol. The summed E-state index contributed by atoms with van der Waals surface area (Å²) in [6.07, 6.45) is -16.3. The van der Waals surface area contributed by atoms with Crippen molar-refractivity contribution in [3.63, 3.8) is 0 Å². The van der Waals surface area contributed by atoms with Crippen molar-refractivity contribution in [2.45, 2.75) is 182 Å². The molecule has 0 amide bonds. The molecule has 8 aliphatic rings. The van der Waals surface area contributed by atoms with E-state index >= 15 is 0 Å². The summed E-state index contributed by atoms with van der Waals surface area (Å²) in [6, 6.07) is 0. The van der Waals surface area contributed by atoms with Crippen LogP contribution in [-0.2, 0) is 42.7 Å². The van der Waals surface area contributed by atoms with Gasteiger partial charge in [0.2, 0.25) is 0 Å². The molecule has 0 unspecified atom stereocenters. The van der Waals surface area contributed by atoms with Crippen molar-refractivity contribution >= 4 is 5.97 Å². The van der Waals surface area contributed by atoms with Gasteiger partial charge in [-0.3, -0.25) is 0 Å². The molecule has 10 N–H and O–H groups in total. The zero-order valence-electron chi connectivity index (χ0n) is 35.1. The second kappa shape index (κ2) is 17.4. The van der Waals surface area contributed by atoms with Crippen molar-refractivity contribution in [1.29, 1.82) is 0 Å².